The second-order valence-electron chi connectivity index (χ2n) is 3.28. The molecule has 0 spiro atoms. The molecule has 0 fully saturated rings. The number of benzene rings is 1. The Kier molecular flexibility index (Phi) is 2.98. The summed E-state index contributed by atoms with van der Waals surface area (Å²) in [5.41, 5.74) is 5.86. The van der Waals surface area contributed by atoms with Crippen molar-refractivity contribution in [2.24, 2.45) is 0 Å². The zero-order chi connectivity index (χ0) is 10.8. The van der Waals surface area contributed by atoms with E-state index in [9.17, 15) is 5.11 Å². The molecule has 0 aromatic heterocycles. The lowest BCUT2D eigenvalue weighted by Crippen LogP contribution is -2.36. The van der Waals surface area contributed by atoms with E-state index in [1.54, 1.807) is 39.3 Å². The van der Waals surface area contributed by atoms with Gasteiger partial charge in [-0.05, 0) is 26.1 Å². The van der Waals surface area contributed by atoms with Crippen molar-refractivity contribution in [1.29, 1.82) is 0 Å². The summed E-state index contributed by atoms with van der Waals surface area (Å²) in [6, 6.07) is 5.18. The highest BCUT2D eigenvalue weighted by molar-refractivity contribution is 5.54. The largest absolute Gasteiger partial charge is 0.495 e. The van der Waals surface area contributed by atoms with E-state index in [1.807, 2.05) is 0 Å². The number of hydrogen-bond acceptors (Lipinski definition) is 4. The van der Waals surface area contributed by atoms with Gasteiger partial charge in [0, 0.05) is 5.56 Å². The van der Waals surface area contributed by atoms with Gasteiger partial charge in [0.1, 0.15) is 11.5 Å². The molecule has 0 aliphatic rings. The van der Waals surface area contributed by atoms with Crippen molar-refractivity contribution >= 4 is 5.69 Å². The Balaban J connectivity index is 3.12. The van der Waals surface area contributed by atoms with E-state index in [2.05, 4.69) is 5.32 Å². The Morgan fingerprint density at radius 1 is 1.50 bits per heavy atom. The van der Waals surface area contributed by atoms with Gasteiger partial charge in [-0.3, -0.25) is 5.32 Å². The molecule has 1 aromatic rings. The average Bonchev–Trinajstić information content (AvgIpc) is 2.18. The summed E-state index contributed by atoms with van der Waals surface area (Å²) in [5, 5.41) is 12.7. The van der Waals surface area contributed by atoms with Crippen LogP contribution in [0.1, 0.15) is 12.5 Å². The van der Waals surface area contributed by atoms with Crippen molar-refractivity contribution in [3.05, 3.63) is 23.8 Å². The molecule has 0 bridgehead atoms. The van der Waals surface area contributed by atoms with Gasteiger partial charge < -0.3 is 15.6 Å². The van der Waals surface area contributed by atoms with E-state index < -0.39 is 5.72 Å². The summed E-state index contributed by atoms with van der Waals surface area (Å²) < 4.78 is 5.06. The van der Waals surface area contributed by atoms with E-state index in [4.69, 9.17) is 10.5 Å². The van der Waals surface area contributed by atoms with Gasteiger partial charge in [0.15, 0.2) is 0 Å². The lowest BCUT2D eigenvalue weighted by atomic mass is 10.0. The lowest BCUT2D eigenvalue weighted by Gasteiger charge is -2.23. The molecule has 14 heavy (non-hydrogen) atoms. The molecular weight excluding hydrogens is 180 g/mol. The van der Waals surface area contributed by atoms with Crippen LogP contribution in [0, 0.1) is 0 Å². The summed E-state index contributed by atoms with van der Waals surface area (Å²) in [4.78, 5) is 0. The number of methoxy groups -OCH3 is 1. The van der Waals surface area contributed by atoms with E-state index in [0.29, 0.717) is 17.0 Å². The first-order valence-electron chi connectivity index (χ1n) is 4.36. The predicted octanol–water partition coefficient (Wildman–Crippen LogP) is 0.662. The molecule has 78 valence electrons. The van der Waals surface area contributed by atoms with Crippen LogP contribution in [-0.2, 0) is 5.72 Å². The quantitative estimate of drug-likeness (QED) is 0.491. The van der Waals surface area contributed by atoms with Crippen molar-refractivity contribution < 1.29 is 9.84 Å². The molecule has 0 aliphatic heterocycles. The maximum Gasteiger partial charge on any atom is 0.142 e. The third-order valence-corrected chi connectivity index (χ3v) is 2.28. The molecular formula is C10H16N2O2. The Morgan fingerprint density at radius 2 is 2.14 bits per heavy atom. The Labute approximate surface area is 83.7 Å². The summed E-state index contributed by atoms with van der Waals surface area (Å²) in [5.74, 6) is 0.568. The van der Waals surface area contributed by atoms with Crippen LogP contribution >= 0.6 is 0 Å². The molecule has 1 aromatic carbocycles. The fraction of sp³-hybridized carbons (Fsp3) is 0.400. The highest BCUT2D eigenvalue weighted by Crippen LogP contribution is 2.27. The monoisotopic (exact) mass is 196 g/mol. The van der Waals surface area contributed by atoms with E-state index in [-0.39, 0.29) is 0 Å². The number of nitrogens with two attached hydrogens (primary N) is 1. The van der Waals surface area contributed by atoms with Crippen LogP contribution in [0.3, 0.4) is 0 Å². The lowest BCUT2D eigenvalue weighted by molar-refractivity contribution is 0.0281. The molecule has 4 N–H and O–H groups in total. The van der Waals surface area contributed by atoms with Crippen molar-refractivity contribution in [2.45, 2.75) is 12.6 Å². The second kappa shape index (κ2) is 3.86. The van der Waals surface area contributed by atoms with Gasteiger partial charge in [0.05, 0.1) is 12.8 Å². The highest BCUT2D eigenvalue weighted by atomic mass is 16.5. The van der Waals surface area contributed by atoms with Gasteiger partial charge in [0.2, 0.25) is 0 Å². The molecule has 0 saturated heterocycles. The smallest absolute Gasteiger partial charge is 0.142 e. The summed E-state index contributed by atoms with van der Waals surface area (Å²) in [7, 11) is 3.23. The molecule has 4 heteroatoms. The minimum Gasteiger partial charge on any atom is -0.495 e. The van der Waals surface area contributed by atoms with Crippen LogP contribution in [0.4, 0.5) is 5.69 Å². The van der Waals surface area contributed by atoms with Crippen LogP contribution in [0.5, 0.6) is 5.75 Å². The molecule has 1 unspecified atom stereocenters. The van der Waals surface area contributed by atoms with Gasteiger partial charge in [-0.1, -0.05) is 6.07 Å². The Hall–Kier alpha value is -1.26. The fourth-order valence-electron chi connectivity index (χ4n) is 1.16. The minimum atomic E-state index is -1.07. The van der Waals surface area contributed by atoms with Crippen LogP contribution in [0.25, 0.3) is 0 Å². The molecule has 1 rings (SSSR count). The van der Waals surface area contributed by atoms with Gasteiger partial charge in [-0.2, -0.15) is 0 Å². The second-order valence-corrected chi connectivity index (χ2v) is 3.28. The molecule has 0 heterocycles. The maximum absolute atomic E-state index is 9.90. The Bertz CT molecular complexity index is 324. The van der Waals surface area contributed by atoms with Crippen molar-refractivity contribution in [3.63, 3.8) is 0 Å². The summed E-state index contributed by atoms with van der Waals surface area (Å²) in [6.07, 6.45) is 0. The third-order valence-electron chi connectivity index (χ3n) is 2.28. The zero-order valence-electron chi connectivity index (χ0n) is 8.66. The van der Waals surface area contributed by atoms with Crippen LogP contribution < -0.4 is 15.8 Å². The van der Waals surface area contributed by atoms with Crippen LogP contribution in [-0.4, -0.2) is 19.3 Å². The third kappa shape index (κ3) is 1.97. The number of hydrogen-bond donors (Lipinski definition) is 3. The number of nitrogens with one attached hydrogen (secondary N) is 1. The van der Waals surface area contributed by atoms with E-state index in [1.165, 1.54) is 0 Å². The zero-order valence-corrected chi connectivity index (χ0v) is 8.66. The number of rotatable bonds is 3. The van der Waals surface area contributed by atoms with Crippen molar-refractivity contribution in [2.75, 3.05) is 19.9 Å². The first-order valence-corrected chi connectivity index (χ1v) is 4.36. The van der Waals surface area contributed by atoms with Crippen molar-refractivity contribution in [1.82, 2.24) is 5.32 Å². The molecule has 0 radical (unpaired) electrons. The van der Waals surface area contributed by atoms with Crippen LogP contribution in [0.15, 0.2) is 18.2 Å². The molecule has 4 nitrogen and oxygen atoms in total. The normalized spacial score (nSPS) is 14.9. The SMILES string of the molecule is CNC(C)(O)c1ccc(N)c(OC)c1. The molecule has 0 amide bonds. The van der Waals surface area contributed by atoms with Gasteiger partial charge >= 0.3 is 0 Å². The Morgan fingerprint density at radius 3 is 2.64 bits per heavy atom. The topological polar surface area (TPSA) is 67.5 Å². The molecule has 1 atom stereocenters. The average molecular weight is 196 g/mol. The predicted molar refractivity (Wildman–Crippen MR) is 56.0 cm³/mol. The first-order chi connectivity index (χ1) is 6.51. The number of anilines is 1. The fourth-order valence-corrected chi connectivity index (χ4v) is 1.16. The van der Waals surface area contributed by atoms with E-state index >= 15 is 0 Å². The first kappa shape index (κ1) is 10.8. The van der Waals surface area contributed by atoms with Gasteiger partial charge in [0.25, 0.3) is 0 Å². The van der Waals surface area contributed by atoms with Crippen molar-refractivity contribution in [3.8, 4) is 5.75 Å². The summed E-state index contributed by atoms with van der Waals surface area (Å²) in [6.45, 7) is 1.66. The minimum absolute atomic E-state index is 0.558. The molecule has 0 saturated carbocycles. The number of ether oxygens (including phenoxy) is 1. The van der Waals surface area contributed by atoms with Gasteiger partial charge in [-0.15, -0.1) is 0 Å². The summed E-state index contributed by atoms with van der Waals surface area (Å²) >= 11 is 0. The van der Waals surface area contributed by atoms with E-state index in [0.717, 1.165) is 0 Å². The number of nitrogen functional groups attached to an aromatic ring is 1. The molecule has 0 aliphatic carbocycles. The van der Waals surface area contributed by atoms with Gasteiger partial charge in [-0.25, -0.2) is 0 Å². The van der Waals surface area contributed by atoms with Crippen LogP contribution in [0.2, 0.25) is 0 Å². The maximum atomic E-state index is 9.90. The number of aliphatic hydroxyl groups is 1. The standard InChI is InChI=1S/C10H16N2O2/c1-10(13,12-2)7-4-5-8(11)9(6-7)14-3/h4-6,12-13H,11H2,1-3H3. The highest BCUT2D eigenvalue weighted by Gasteiger charge is 2.21.